The predicted molar refractivity (Wildman–Crippen MR) is 42.8 cm³/mol. The number of thiocarbonyl (C=S) groups is 1. The van der Waals surface area contributed by atoms with Gasteiger partial charge < -0.3 is 10.1 Å². The van der Waals surface area contributed by atoms with Crippen LogP contribution in [0.4, 0.5) is 0 Å². The highest BCUT2D eigenvalue weighted by Gasteiger charge is 2.31. The first-order chi connectivity index (χ1) is 4.86. The number of rotatable bonds is 0. The lowest BCUT2D eigenvalue weighted by atomic mass is 10.00. The monoisotopic (exact) mass is 155 g/mol. The molecular weight excluding hydrogens is 146 g/mol. The van der Waals surface area contributed by atoms with Crippen molar-refractivity contribution < 1.29 is 4.74 Å². The Bertz CT molecular complexity index is 172. The van der Waals surface area contributed by atoms with Crippen molar-refractivity contribution in [2.45, 2.75) is 25.0 Å². The van der Waals surface area contributed by atoms with E-state index in [-0.39, 0.29) is 0 Å². The first-order valence-electron chi connectivity index (χ1n) is 3.48. The highest BCUT2D eigenvalue weighted by Crippen LogP contribution is 2.20. The second kappa shape index (κ2) is 2.23. The maximum atomic E-state index is 5.33. The molecule has 1 saturated heterocycles. The zero-order chi connectivity index (χ0) is 6.97. The number of hydrogen-bond donors (Lipinski definition) is 1. The van der Waals surface area contributed by atoms with E-state index in [1.54, 1.807) is 0 Å². The van der Waals surface area contributed by atoms with Gasteiger partial charge in [0, 0.05) is 6.42 Å². The molecule has 1 heterocycles. The van der Waals surface area contributed by atoms with E-state index in [2.05, 4.69) is 17.5 Å². The molecule has 2 aliphatic rings. The summed E-state index contributed by atoms with van der Waals surface area (Å²) < 4.78 is 5.33. The molecule has 2 atom stereocenters. The summed E-state index contributed by atoms with van der Waals surface area (Å²) in [7, 11) is 0. The van der Waals surface area contributed by atoms with Crippen molar-refractivity contribution in [2.24, 2.45) is 0 Å². The molecule has 0 saturated carbocycles. The van der Waals surface area contributed by atoms with E-state index >= 15 is 0 Å². The van der Waals surface area contributed by atoms with Gasteiger partial charge in [-0.1, -0.05) is 12.2 Å². The lowest BCUT2D eigenvalue weighted by molar-refractivity contribution is 0.202. The van der Waals surface area contributed by atoms with Gasteiger partial charge in [-0.25, -0.2) is 0 Å². The molecule has 1 N–H and O–H groups in total. The molecule has 2 unspecified atom stereocenters. The summed E-state index contributed by atoms with van der Waals surface area (Å²) in [5.74, 6) is 0. The van der Waals surface area contributed by atoms with Crippen molar-refractivity contribution in [2.75, 3.05) is 0 Å². The van der Waals surface area contributed by atoms with Crippen molar-refractivity contribution in [3.05, 3.63) is 12.2 Å². The largest absolute Gasteiger partial charge is 0.465 e. The Labute approximate surface area is 65.2 Å². The van der Waals surface area contributed by atoms with Crippen LogP contribution in [-0.4, -0.2) is 17.3 Å². The molecule has 0 aromatic carbocycles. The molecular formula is C7H9NOS. The van der Waals surface area contributed by atoms with Crippen LogP contribution in [0.15, 0.2) is 12.2 Å². The Morgan fingerprint density at radius 1 is 1.50 bits per heavy atom. The molecule has 0 aromatic heterocycles. The van der Waals surface area contributed by atoms with Gasteiger partial charge in [0.2, 0.25) is 0 Å². The molecule has 1 aliphatic carbocycles. The first kappa shape index (κ1) is 6.16. The fourth-order valence-corrected chi connectivity index (χ4v) is 1.67. The van der Waals surface area contributed by atoms with Crippen molar-refractivity contribution in [1.29, 1.82) is 0 Å². The minimum Gasteiger partial charge on any atom is -0.465 e. The average molecular weight is 155 g/mol. The lowest BCUT2D eigenvalue weighted by Crippen LogP contribution is -2.32. The maximum absolute atomic E-state index is 5.33. The molecule has 2 rings (SSSR count). The quantitative estimate of drug-likeness (QED) is 0.416. The maximum Gasteiger partial charge on any atom is 0.257 e. The van der Waals surface area contributed by atoms with Gasteiger partial charge in [0.05, 0.1) is 6.04 Å². The molecule has 1 aliphatic heterocycles. The van der Waals surface area contributed by atoms with Crippen LogP contribution >= 0.6 is 12.2 Å². The van der Waals surface area contributed by atoms with Gasteiger partial charge in [0.1, 0.15) is 6.10 Å². The Morgan fingerprint density at radius 3 is 3.10 bits per heavy atom. The van der Waals surface area contributed by atoms with Crippen molar-refractivity contribution >= 4 is 17.4 Å². The molecule has 1 fully saturated rings. The van der Waals surface area contributed by atoms with E-state index in [9.17, 15) is 0 Å². The van der Waals surface area contributed by atoms with E-state index in [1.165, 1.54) is 0 Å². The molecule has 0 aromatic rings. The summed E-state index contributed by atoms with van der Waals surface area (Å²) in [5.41, 5.74) is 0. The number of hydrogen-bond acceptors (Lipinski definition) is 2. The van der Waals surface area contributed by atoms with Gasteiger partial charge in [-0.15, -0.1) is 0 Å². The van der Waals surface area contributed by atoms with Gasteiger partial charge in [0.25, 0.3) is 5.17 Å². The molecule has 3 heteroatoms. The summed E-state index contributed by atoms with van der Waals surface area (Å²) in [6.45, 7) is 0. The Balaban J connectivity index is 2.11. The van der Waals surface area contributed by atoms with Gasteiger partial charge in [-0.05, 0) is 18.6 Å². The average Bonchev–Trinajstić information content (AvgIpc) is 2.27. The summed E-state index contributed by atoms with van der Waals surface area (Å²) in [6.07, 6.45) is 6.67. The minimum absolute atomic E-state index is 0.303. The third-order valence-corrected chi connectivity index (χ3v) is 2.15. The van der Waals surface area contributed by atoms with Gasteiger partial charge in [-0.3, -0.25) is 0 Å². The summed E-state index contributed by atoms with van der Waals surface area (Å²) >= 11 is 4.87. The van der Waals surface area contributed by atoms with Gasteiger partial charge >= 0.3 is 0 Å². The van der Waals surface area contributed by atoms with Crippen LogP contribution in [0.25, 0.3) is 0 Å². The number of nitrogens with one attached hydrogen (secondary N) is 1. The van der Waals surface area contributed by atoms with E-state index in [0.717, 1.165) is 12.8 Å². The molecule has 2 nitrogen and oxygen atoms in total. The highest BCUT2D eigenvalue weighted by molar-refractivity contribution is 7.80. The Morgan fingerprint density at radius 2 is 2.30 bits per heavy atom. The van der Waals surface area contributed by atoms with Crippen LogP contribution in [-0.2, 0) is 4.74 Å². The van der Waals surface area contributed by atoms with E-state index < -0.39 is 0 Å². The van der Waals surface area contributed by atoms with Crippen LogP contribution in [0.1, 0.15) is 12.8 Å². The van der Waals surface area contributed by atoms with Crippen LogP contribution in [0.2, 0.25) is 0 Å². The molecule has 0 spiro atoms. The Hall–Kier alpha value is -0.570. The van der Waals surface area contributed by atoms with Crippen LogP contribution < -0.4 is 5.32 Å². The summed E-state index contributed by atoms with van der Waals surface area (Å²) in [6, 6.07) is 0.442. The molecule has 54 valence electrons. The summed E-state index contributed by atoms with van der Waals surface area (Å²) in [4.78, 5) is 0. The van der Waals surface area contributed by atoms with Crippen LogP contribution in [0.3, 0.4) is 0 Å². The first-order valence-corrected chi connectivity index (χ1v) is 3.89. The summed E-state index contributed by atoms with van der Waals surface area (Å²) in [5, 5.41) is 3.68. The molecule has 10 heavy (non-hydrogen) atoms. The van der Waals surface area contributed by atoms with Crippen molar-refractivity contribution in [3.63, 3.8) is 0 Å². The van der Waals surface area contributed by atoms with Crippen LogP contribution in [0.5, 0.6) is 0 Å². The molecule has 0 bridgehead atoms. The fourth-order valence-electron chi connectivity index (χ4n) is 1.39. The second-order valence-corrected chi connectivity index (χ2v) is 3.01. The number of ether oxygens (including phenoxy) is 1. The molecule has 0 amide bonds. The van der Waals surface area contributed by atoms with Crippen LogP contribution in [0, 0.1) is 0 Å². The fraction of sp³-hybridized carbons (Fsp3) is 0.571. The second-order valence-electron chi connectivity index (χ2n) is 2.64. The third kappa shape index (κ3) is 0.904. The van der Waals surface area contributed by atoms with E-state index in [4.69, 9.17) is 17.0 Å². The normalized spacial score (nSPS) is 36.6. The third-order valence-electron chi connectivity index (χ3n) is 1.94. The van der Waals surface area contributed by atoms with E-state index in [0.29, 0.717) is 17.3 Å². The zero-order valence-electron chi connectivity index (χ0n) is 5.54. The standard InChI is InChI=1S/C7H9NOS/c10-7-8-5-3-1-2-4-6(5)9-7/h1-2,5-6H,3-4H2,(H,8,10). The highest BCUT2D eigenvalue weighted by atomic mass is 32.1. The van der Waals surface area contributed by atoms with Gasteiger partial charge in [0.15, 0.2) is 0 Å². The Kier molecular flexibility index (Phi) is 1.38. The smallest absolute Gasteiger partial charge is 0.257 e. The predicted octanol–water partition coefficient (Wildman–Crippen LogP) is 0.978. The topological polar surface area (TPSA) is 21.3 Å². The lowest BCUT2D eigenvalue weighted by Gasteiger charge is -2.17. The SMILES string of the molecule is S=C1NC2CC=CCC2O1. The van der Waals surface area contributed by atoms with Gasteiger partial charge in [-0.2, -0.15) is 0 Å². The van der Waals surface area contributed by atoms with Crippen molar-refractivity contribution in [3.8, 4) is 0 Å². The minimum atomic E-state index is 0.303. The van der Waals surface area contributed by atoms with E-state index in [1.807, 2.05) is 0 Å². The zero-order valence-corrected chi connectivity index (χ0v) is 6.36. The number of fused-ring (bicyclic) bond motifs is 1. The molecule has 0 radical (unpaired) electrons. The van der Waals surface area contributed by atoms with Crippen molar-refractivity contribution in [1.82, 2.24) is 5.32 Å².